The maximum atomic E-state index is 11.7. The zero-order valence-electron chi connectivity index (χ0n) is 10.6. The Hall–Kier alpha value is -1.62. The van der Waals surface area contributed by atoms with Gasteiger partial charge in [-0.2, -0.15) is 5.26 Å². The Morgan fingerprint density at radius 1 is 1.32 bits per heavy atom. The van der Waals surface area contributed by atoms with E-state index in [2.05, 4.69) is 4.72 Å². The van der Waals surface area contributed by atoms with Crippen molar-refractivity contribution >= 4 is 15.7 Å². The number of benzene rings is 1. The Labute approximate surface area is 113 Å². The topological polar surface area (TPSA) is 88.4 Å². The van der Waals surface area contributed by atoms with Crippen molar-refractivity contribution in [1.29, 1.82) is 5.26 Å². The van der Waals surface area contributed by atoms with Crippen LogP contribution in [0.4, 0.5) is 5.69 Å². The van der Waals surface area contributed by atoms with Crippen LogP contribution >= 0.6 is 0 Å². The van der Waals surface area contributed by atoms with E-state index in [0.29, 0.717) is 24.5 Å². The molecule has 0 saturated heterocycles. The number of hydrogen-bond acceptors (Lipinski definition) is 5. The van der Waals surface area contributed by atoms with Crippen LogP contribution in [0.25, 0.3) is 0 Å². The Morgan fingerprint density at radius 3 is 2.79 bits per heavy atom. The van der Waals surface area contributed by atoms with E-state index in [1.165, 1.54) is 6.07 Å². The molecule has 19 heavy (non-hydrogen) atoms. The molecule has 1 N–H and O–H groups in total. The average Bonchev–Trinajstić information content (AvgIpc) is 2.38. The van der Waals surface area contributed by atoms with Gasteiger partial charge >= 0.3 is 0 Å². The molecule has 0 unspecified atom stereocenters. The first-order valence-electron chi connectivity index (χ1n) is 5.65. The van der Waals surface area contributed by atoms with Crippen molar-refractivity contribution in [2.24, 2.45) is 0 Å². The van der Waals surface area contributed by atoms with Gasteiger partial charge in [-0.1, -0.05) is 6.07 Å². The van der Waals surface area contributed by atoms with Gasteiger partial charge in [0.05, 0.1) is 37.2 Å². The molecule has 0 heterocycles. The molecule has 0 bridgehead atoms. The number of ether oxygens (including phenoxy) is 2. The van der Waals surface area contributed by atoms with E-state index in [0.717, 1.165) is 0 Å². The summed E-state index contributed by atoms with van der Waals surface area (Å²) in [7, 11) is -1.93. The molecule has 1 aromatic rings. The standard InChI is InChI=1S/C12H16N2O4S/c1-17-5-6-18-7-8-19(15,16)14-12-4-2-3-11(9-12)10-13/h2-4,9,14H,5-8H2,1H3. The average molecular weight is 284 g/mol. The Kier molecular flexibility index (Phi) is 6.29. The molecule has 104 valence electrons. The summed E-state index contributed by atoms with van der Waals surface area (Å²) in [6.07, 6.45) is 0. The summed E-state index contributed by atoms with van der Waals surface area (Å²) < 4.78 is 35.7. The van der Waals surface area contributed by atoms with Crippen molar-refractivity contribution in [3.8, 4) is 6.07 Å². The largest absolute Gasteiger partial charge is 0.382 e. The van der Waals surface area contributed by atoms with Crippen LogP contribution < -0.4 is 4.72 Å². The normalized spacial score (nSPS) is 10.9. The maximum Gasteiger partial charge on any atom is 0.235 e. The molecule has 1 rings (SSSR count). The summed E-state index contributed by atoms with van der Waals surface area (Å²) in [5.74, 6) is -0.145. The van der Waals surface area contributed by atoms with Crippen molar-refractivity contribution in [1.82, 2.24) is 0 Å². The molecule has 0 amide bonds. The van der Waals surface area contributed by atoms with Gasteiger partial charge in [-0.05, 0) is 18.2 Å². The lowest BCUT2D eigenvalue weighted by Gasteiger charge is -2.08. The molecule has 0 saturated carbocycles. The highest BCUT2D eigenvalue weighted by Gasteiger charge is 2.10. The van der Waals surface area contributed by atoms with Crippen LogP contribution in [0.3, 0.4) is 0 Å². The van der Waals surface area contributed by atoms with Crippen LogP contribution in [-0.2, 0) is 19.5 Å². The number of anilines is 1. The quantitative estimate of drug-likeness (QED) is 0.718. The predicted octanol–water partition coefficient (Wildman–Crippen LogP) is 0.963. The van der Waals surface area contributed by atoms with Gasteiger partial charge in [0.25, 0.3) is 0 Å². The minimum Gasteiger partial charge on any atom is -0.382 e. The van der Waals surface area contributed by atoms with Crippen LogP contribution in [0.2, 0.25) is 0 Å². The zero-order chi connectivity index (χ0) is 14.1. The Bertz CT molecular complexity index is 537. The minimum atomic E-state index is -3.47. The van der Waals surface area contributed by atoms with E-state index in [1.54, 1.807) is 25.3 Å². The van der Waals surface area contributed by atoms with Crippen LogP contribution in [-0.4, -0.2) is 41.1 Å². The fourth-order valence-corrected chi connectivity index (χ4v) is 2.22. The second-order valence-electron chi connectivity index (χ2n) is 3.72. The van der Waals surface area contributed by atoms with Crippen molar-refractivity contribution in [3.05, 3.63) is 29.8 Å². The van der Waals surface area contributed by atoms with Crippen molar-refractivity contribution < 1.29 is 17.9 Å². The number of sulfonamides is 1. The summed E-state index contributed by atoms with van der Waals surface area (Å²) >= 11 is 0. The van der Waals surface area contributed by atoms with Crippen LogP contribution in [0.5, 0.6) is 0 Å². The number of nitrogens with one attached hydrogen (secondary N) is 1. The molecule has 0 aliphatic heterocycles. The summed E-state index contributed by atoms with van der Waals surface area (Å²) in [5, 5.41) is 8.73. The second-order valence-corrected chi connectivity index (χ2v) is 5.56. The van der Waals surface area contributed by atoms with Crippen LogP contribution in [0, 0.1) is 11.3 Å². The molecule has 0 aromatic heterocycles. The van der Waals surface area contributed by atoms with Crippen molar-refractivity contribution in [2.45, 2.75) is 0 Å². The summed E-state index contributed by atoms with van der Waals surface area (Å²) in [6, 6.07) is 8.23. The van der Waals surface area contributed by atoms with Crippen LogP contribution in [0.1, 0.15) is 5.56 Å². The van der Waals surface area contributed by atoms with Gasteiger partial charge in [0.15, 0.2) is 0 Å². The fourth-order valence-electron chi connectivity index (χ4n) is 1.30. The first-order chi connectivity index (χ1) is 9.07. The Balaban J connectivity index is 2.48. The molecule has 1 aromatic carbocycles. The van der Waals surface area contributed by atoms with E-state index >= 15 is 0 Å². The number of hydrogen-bond donors (Lipinski definition) is 1. The van der Waals surface area contributed by atoms with Gasteiger partial charge in [0, 0.05) is 12.8 Å². The second kappa shape index (κ2) is 7.74. The SMILES string of the molecule is COCCOCCS(=O)(=O)Nc1cccc(C#N)c1. The lowest BCUT2D eigenvalue weighted by molar-refractivity contribution is 0.0785. The molecule has 0 aliphatic rings. The number of methoxy groups -OCH3 is 1. The van der Waals surface area contributed by atoms with E-state index < -0.39 is 10.0 Å². The number of nitrogens with zero attached hydrogens (tertiary/aromatic N) is 1. The highest BCUT2D eigenvalue weighted by molar-refractivity contribution is 7.92. The van der Waals surface area contributed by atoms with Gasteiger partial charge in [-0.3, -0.25) is 4.72 Å². The Morgan fingerprint density at radius 2 is 2.11 bits per heavy atom. The smallest absolute Gasteiger partial charge is 0.235 e. The molecule has 0 spiro atoms. The molecular weight excluding hydrogens is 268 g/mol. The third kappa shape index (κ3) is 6.20. The monoisotopic (exact) mass is 284 g/mol. The predicted molar refractivity (Wildman–Crippen MR) is 71.3 cm³/mol. The maximum absolute atomic E-state index is 11.7. The fraction of sp³-hybridized carbons (Fsp3) is 0.417. The molecule has 0 fully saturated rings. The molecule has 0 aliphatic carbocycles. The molecule has 0 atom stereocenters. The lowest BCUT2D eigenvalue weighted by atomic mass is 10.2. The molecule has 0 radical (unpaired) electrons. The summed E-state index contributed by atoms with van der Waals surface area (Å²) in [4.78, 5) is 0. The van der Waals surface area contributed by atoms with Crippen molar-refractivity contribution in [3.63, 3.8) is 0 Å². The molecule has 7 heteroatoms. The van der Waals surface area contributed by atoms with Gasteiger partial charge < -0.3 is 9.47 Å². The lowest BCUT2D eigenvalue weighted by Crippen LogP contribution is -2.21. The van der Waals surface area contributed by atoms with E-state index in [-0.39, 0.29) is 12.4 Å². The third-order valence-electron chi connectivity index (χ3n) is 2.19. The van der Waals surface area contributed by atoms with E-state index in [4.69, 9.17) is 14.7 Å². The van der Waals surface area contributed by atoms with Crippen LogP contribution in [0.15, 0.2) is 24.3 Å². The third-order valence-corrected chi connectivity index (χ3v) is 3.44. The summed E-state index contributed by atoms with van der Waals surface area (Å²) in [5.41, 5.74) is 0.771. The minimum absolute atomic E-state index is 0.0939. The zero-order valence-corrected chi connectivity index (χ0v) is 11.4. The van der Waals surface area contributed by atoms with Gasteiger partial charge in [0.2, 0.25) is 10.0 Å². The summed E-state index contributed by atoms with van der Waals surface area (Å²) in [6.45, 7) is 0.879. The van der Waals surface area contributed by atoms with Gasteiger partial charge in [-0.25, -0.2) is 8.42 Å². The molecule has 6 nitrogen and oxygen atoms in total. The van der Waals surface area contributed by atoms with Crippen molar-refractivity contribution in [2.75, 3.05) is 37.4 Å². The molecular formula is C12H16N2O4S. The number of rotatable bonds is 8. The van der Waals surface area contributed by atoms with E-state index in [1.807, 2.05) is 6.07 Å². The highest BCUT2D eigenvalue weighted by atomic mass is 32.2. The first kappa shape index (κ1) is 15.4. The van der Waals surface area contributed by atoms with Gasteiger partial charge in [-0.15, -0.1) is 0 Å². The first-order valence-corrected chi connectivity index (χ1v) is 7.30. The highest BCUT2D eigenvalue weighted by Crippen LogP contribution is 2.11. The van der Waals surface area contributed by atoms with Gasteiger partial charge in [0.1, 0.15) is 0 Å². The van der Waals surface area contributed by atoms with E-state index in [9.17, 15) is 8.42 Å². The number of nitriles is 1.